The van der Waals surface area contributed by atoms with E-state index in [4.69, 9.17) is 21.4 Å². The smallest absolute Gasteiger partial charge is 0.234 e. The third-order valence-corrected chi connectivity index (χ3v) is 3.45. The highest BCUT2D eigenvalue weighted by molar-refractivity contribution is 6.07. The number of primary amides is 1. The van der Waals surface area contributed by atoms with E-state index in [1.807, 2.05) is 0 Å². The van der Waals surface area contributed by atoms with Gasteiger partial charge in [-0.1, -0.05) is 5.16 Å². The lowest BCUT2D eigenvalue weighted by Crippen LogP contribution is -2.57. The van der Waals surface area contributed by atoms with Gasteiger partial charge in [0.15, 0.2) is 5.84 Å². The maximum Gasteiger partial charge on any atom is 0.234 e. The first kappa shape index (κ1) is 16.2. The molecule has 1 aliphatic heterocycles. The lowest BCUT2D eigenvalue weighted by Gasteiger charge is -2.37. The molecule has 0 aromatic rings. The molecule has 20 heavy (non-hydrogen) atoms. The summed E-state index contributed by atoms with van der Waals surface area (Å²) >= 11 is 0. The zero-order valence-corrected chi connectivity index (χ0v) is 11.8. The van der Waals surface area contributed by atoms with Gasteiger partial charge in [-0.25, -0.2) is 0 Å². The van der Waals surface area contributed by atoms with Gasteiger partial charge in [0.2, 0.25) is 11.8 Å². The van der Waals surface area contributed by atoms with Crippen LogP contribution in [0.25, 0.3) is 0 Å². The van der Waals surface area contributed by atoms with Crippen LogP contribution in [0, 0.1) is 5.41 Å². The second-order valence-corrected chi connectivity index (χ2v) is 5.66. The van der Waals surface area contributed by atoms with Crippen LogP contribution in [0.15, 0.2) is 5.16 Å². The lowest BCUT2D eigenvalue weighted by molar-refractivity contribution is -0.133. The number of nitrogens with one attached hydrogen (secondary N) is 1. The summed E-state index contributed by atoms with van der Waals surface area (Å²) in [5.74, 6) is -1.05. The third kappa shape index (κ3) is 3.60. The van der Waals surface area contributed by atoms with E-state index in [1.165, 1.54) is 0 Å². The van der Waals surface area contributed by atoms with Crippen LogP contribution in [0.1, 0.15) is 33.1 Å². The van der Waals surface area contributed by atoms with Crippen molar-refractivity contribution < 1.29 is 19.5 Å². The molecule has 0 saturated carbocycles. The molecule has 0 aromatic carbocycles. The molecule has 1 heterocycles. The number of ether oxygens (including phenoxy) is 1. The number of hydrogen-bond donors (Lipinski definition) is 4. The van der Waals surface area contributed by atoms with Gasteiger partial charge in [-0.15, -0.1) is 0 Å². The summed E-state index contributed by atoms with van der Waals surface area (Å²) in [6.07, 6.45) is 0.643. The van der Waals surface area contributed by atoms with Gasteiger partial charge < -0.3 is 26.7 Å². The molecule has 0 unspecified atom stereocenters. The van der Waals surface area contributed by atoms with E-state index in [1.54, 1.807) is 13.8 Å². The zero-order valence-electron chi connectivity index (χ0n) is 11.8. The molecule has 2 amide bonds. The quantitative estimate of drug-likeness (QED) is 0.229. The number of carbonyl (C=O) groups excluding carboxylic acids is 2. The first-order chi connectivity index (χ1) is 9.23. The molecule has 8 nitrogen and oxygen atoms in total. The van der Waals surface area contributed by atoms with E-state index in [0.29, 0.717) is 26.1 Å². The molecular weight excluding hydrogens is 264 g/mol. The van der Waals surface area contributed by atoms with Gasteiger partial charge in [-0.05, 0) is 26.7 Å². The standard InChI is InChI=1S/C12H22N4O4/c1-11(2,7-8(13)17)15-10(18)12(9(14)16-19)3-5-20-6-4-12/h19H,3-7H2,1-2H3,(H2,13,17)(H2,14,16)(H,15,18). The second-order valence-electron chi connectivity index (χ2n) is 5.66. The topological polar surface area (TPSA) is 140 Å². The number of hydrogen-bond acceptors (Lipinski definition) is 5. The van der Waals surface area contributed by atoms with Gasteiger partial charge in [0.25, 0.3) is 0 Å². The second kappa shape index (κ2) is 6.08. The minimum absolute atomic E-state index is 0.00148. The maximum absolute atomic E-state index is 12.5. The van der Waals surface area contributed by atoms with Crippen LogP contribution < -0.4 is 16.8 Å². The van der Waals surface area contributed by atoms with Gasteiger partial charge in [0.05, 0.1) is 0 Å². The first-order valence-electron chi connectivity index (χ1n) is 6.40. The van der Waals surface area contributed by atoms with Gasteiger partial charge in [-0.2, -0.15) is 0 Å². The fourth-order valence-electron chi connectivity index (χ4n) is 2.32. The van der Waals surface area contributed by atoms with E-state index in [0.717, 1.165) is 0 Å². The normalized spacial score (nSPS) is 19.4. The van der Waals surface area contributed by atoms with Crippen LogP contribution in [-0.2, 0) is 14.3 Å². The van der Waals surface area contributed by atoms with Crippen molar-refractivity contribution in [1.29, 1.82) is 0 Å². The van der Waals surface area contributed by atoms with Crippen molar-refractivity contribution in [2.45, 2.75) is 38.6 Å². The highest BCUT2D eigenvalue weighted by Gasteiger charge is 2.46. The summed E-state index contributed by atoms with van der Waals surface area (Å²) in [6.45, 7) is 4.07. The highest BCUT2D eigenvalue weighted by atomic mass is 16.5. The molecule has 0 aliphatic carbocycles. The van der Waals surface area contributed by atoms with E-state index in [9.17, 15) is 9.59 Å². The summed E-state index contributed by atoms with van der Waals surface area (Å²) in [4.78, 5) is 23.5. The molecule has 1 saturated heterocycles. The summed E-state index contributed by atoms with van der Waals surface area (Å²) in [5.41, 5.74) is 8.94. The molecule has 0 spiro atoms. The van der Waals surface area contributed by atoms with Crippen LogP contribution >= 0.6 is 0 Å². The van der Waals surface area contributed by atoms with Gasteiger partial charge in [0.1, 0.15) is 5.41 Å². The van der Waals surface area contributed by atoms with E-state index in [2.05, 4.69) is 10.5 Å². The summed E-state index contributed by atoms with van der Waals surface area (Å²) in [5, 5.41) is 14.6. The van der Waals surface area contributed by atoms with Crippen molar-refractivity contribution in [3.05, 3.63) is 0 Å². The van der Waals surface area contributed by atoms with Crippen molar-refractivity contribution in [1.82, 2.24) is 5.32 Å². The number of amides is 2. The molecule has 0 aromatic heterocycles. The molecule has 1 fully saturated rings. The Balaban J connectivity index is 2.92. The number of amidine groups is 1. The van der Waals surface area contributed by atoms with Crippen molar-refractivity contribution in [3.8, 4) is 0 Å². The molecule has 0 bridgehead atoms. The SMILES string of the molecule is CC(C)(CC(N)=O)NC(=O)C1(C(N)=NO)CCOCC1. The Morgan fingerprint density at radius 2 is 1.90 bits per heavy atom. The third-order valence-electron chi connectivity index (χ3n) is 3.45. The zero-order chi connectivity index (χ0) is 15.4. The van der Waals surface area contributed by atoms with Crippen LogP contribution in [0.5, 0.6) is 0 Å². The van der Waals surface area contributed by atoms with Crippen LogP contribution in [0.4, 0.5) is 0 Å². The summed E-state index contributed by atoms with van der Waals surface area (Å²) in [7, 11) is 0. The van der Waals surface area contributed by atoms with E-state index >= 15 is 0 Å². The monoisotopic (exact) mass is 286 g/mol. The number of nitrogens with zero attached hydrogens (tertiary/aromatic N) is 1. The molecule has 8 heteroatoms. The van der Waals surface area contributed by atoms with Crippen molar-refractivity contribution in [3.63, 3.8) is 0 Å². The Kier molecular flexibility index (Phi) is 4.93. The lowest BCUT2D eigenvalue weighted by atomic mass is 9.77. The van der Waals surface area contributed by atoms with Gasteiger partial charge >= 0.3 is 0 Å². The van der Waals surface area contributed by atoms with E-state index < -0.39 is 16.9 Å². The first-order valence-corrected chi connectivity index (χ1v) is 6.40. The number of oxime groups is 1. The number of rotatable bonds is 5. The molecule has 1 rings (SSSR count). The molecule has 114 valence electrons. The molecule has 0 radical (unpaired) electrons. The predicted molar refractivity (Wildman–Crippen MR) is 71.9 cm³/mol. The Bertz CT molecular complexity index is 414. The van der Waals surface area contributed by atoms with E-state index in [-0.39, 0.29) is 18.2 Å². The van der Waals surface area contributed by atoms with Gasteiger partial charge in [0, 0.05) is 25.2 Å². The van der Waals surface area contributed by atoms with Crippen molar-refractivity contribution in [2.24, 2.45) is 22.0 Å². The van der Waals surface area contributed by atoms with Crippen molar-refractivity contribution in [2.75, 3.05) is 13.2 Å². The van der Waals surface area contributed by atoms with Crippen LogP contribution in [-0.4, -0.2) is 41.6 Å². The average molecular weight is 286 g/mol. The predicted octanol–water partition coefficient (Wildman–Crippen LogP) is -0.700. The number of nitrogens with two attached hydrogens (primary N) is 2. The number of carbonyl (C=O) groups is 2. The van der Waals surface area contributed by atoms with Crippen molar-refractivity contribution >= 4 is 17.6 Å². The maximum atomic E-state index is 12.5. The summed E-state index contributed by atoms with van der Waals surface area (Å²) < 4.78 is 5.22. The Hall–Kier alpha value is -1.83. The Morgan fingerprint density at radius 1 is 1.35 bits per heavy atom. The van der Waals surface area contributed by atoms with Crippen LogP contribution in [0.2, 0.25) is 0 Å². The van der Waals surface area contributed by atoms with Crippen LogP contribution in [0.3, 0.4) is 0 Å². The Labute approximate surface area is 117 Å². The minimum Gasteiger partial charge on any atom is -0.409 e. The fourth-order valence-corrected chi connectivity index (χ4v) is 2.32. The van der Waals surface area contributed by atoms with Gasteiger partial charge in [-0.3, -0.25) is 9.59 Å². The highest BCUT2D eigenvalue weighted by Crippen LogP contribution is 2.32. The average Bonchev–Trinajstić information content (AvgIpc) is 2.36. The largest absolute Gasteiger partial charge is 0.409 e. The summed E-state index contributed by atoms with van der Waals surface area (Å²) in [6, 6.07) is 0. The Morgan fingerprint density at radius 3 is 2.35 bits per heavy atom. The molecule has 0 atom stereocenters. The minimum atomic E-state index is -1.11. The molecular formula is C12H22N4O4. The molecule has 6 N–H and O–H groups in total. The molecule has 1 aliphatic rings. The fraction of sp³-hybridized carbons (Fsp3) is 0.750.